The molecule has 2 unspecified atom stereocenters. The summed E-state index contributed by atoms with van der Waals surface area (Å²) in [5, 5.41) is 10.3. The fourth-order valence-electron chi connectivity index (χ4n) is 4.14. The molecule has 6 nitrogen and oxygen atoms in total. The zero-order valence-corrected chi connectivity index (χ0v) is 18.9. The number of carboxylic acid groups (broad SMARTS) is 1. The lowest BCUT2D eigenvalue weighted by Gasteiger charge is -2.24. The number of para-hydroxylation sites is 1. The van der Waals surface area contributed by atoms with Crippen LogP contribution in [0.4, 0.5) is 0 Å². The number of aliphatic carboxylic acids is 1. The molecule has 2 atom stereocenters. The minimum absolute atomic E-state index is 0.0350. The van der Waals surface area contributed by atoms with Crippen molar-refractivity contribution in [2.24, 2.45) is 5.92 Å². The number of hydrogen-bond acceptors (Lipinski definition) is 5. The molecule has 4 rings (SSSR count). The number of carbonyl (C=O) groups is 2. The molecule has 1 fully saturated rings. The van der Waals surface area contributed by atoms with Crippen LogP contribution in [-0.2, 0) is 4.79 Å². The highest BCUT2D eigenvalue weighted by Crippen LogP contribution is 2.51. The molecule has 166 valence electrons. The highest BCUT2D eigenvalue weighted by Gasteiger charge is 2.45. The Bertz CT molecular complexity index is 1210. The van der Waals surface area contributed by atoms with Crippen molar-refractivity contribution in [3.8, 4) is 11.6 Å². The van der Waals surface area contributed by atoms with E-state index >= 15 is 0 Å². The SMILES string of the molecule is COc1nc2ccccc2cc1C(=O)C1CC1c1cc(C)c(OC(C)(C)C(=O)O)c(C)c1. The zero-order valence-electron chi connectivity index (χ0n) is 18.9. The number of Topliss-reactive ketones (excluding diaryl/α,β-unsaturated/α-hetero) is 1. The van der Waals surface area contributed by atoms with Crippen LogP contribution in [0.15, 0.2) is 42.5 Å². The van der Waals surface area contributed by atoms with Crippen LogP contribution < -0.4 is 9.47 Å². The van der Waals surface area contributed by atoms with Gasteiger partial charge < -0.3 is 14.6 Å². The van der Waals surface area contributed by atoms with Crippen LogP contribution in [0.1, 0.15) is 53.2 Å². The van der Waals surface area contributed by atoms with Gasteiger partial charge in [-0.25, -0.2) is 9.78 Å². The van der Waals surface area contributed by atoms with Gasteiger partial charge in [0.2, 0.25) is 5.88 Å². The average Bonchev–Trinajstić information content (AvgIpc) is 3.55. The van der Waals surface area contributed by atoms with Crippen LogP contribution in [0.2, 0.25) is 0 Å². The van der Waals surface area contributed by atoms with E-state index in [1.807, 2.05) is 56.3 Å². The van der Waals surface area contributed by atoms with Crippen LogP contribution >= 0.6 is 0 Å². The van der Waals surface area contributed by atoms with E-state index in [0.29, 0.717) is 17.2 Å². The van der Waals surface area contributed by atoms with Crippen molar-refractivity contribution in [3.63, 3.8) is 0 Å². The molecule has 0 aliphatic heterocycles. The second-order valence-electron chi connectivity index (χ2n) is 8.95. The molecule has 1 saturated carbocycles. The number of hydrogen-bond donors (Lipinski definition) is 1. The van der Waals surface area contributed by atoms with Crippen molar-refractivity contribution in [2.75, 3.05) is 7.11 Å². The number of aryl methyl sites for hydroxylation is 2. The van der Waals surface area contributed by atoms with Gasteiger partial charge in [0.15, 0.2) is 11.4 Å². The van der Waals surface area contributed by atoms with Gasteiger partial charge in [0.1, 0.15) is 5.75 Å². The van der Waals surface area contributed by atoms with Gasteiger partial charge in [-0.05, 0) is 68.9 Å². The standard InChI is InChI=1S/C26H27NO5/c1-14-10-17(11-15(2)23(14)32-26(3,4)25(29)30)18-13-19(18)22(28)20-12-16-8-6-7-9-21(16)27-24(20)31-5/h6-12,18-19H,13H2,1-5H3,(H,29,30). The van der Waals surface area contributed by atoms with E-state index in [4.69, 9.17) is 9.47 Å². The predicted molar refractivity (Wildman–Crippen MR) is 122 cm³/mol. The average molecular weight is 434 g/mol. The van der Waals surface area contributed by atoms with E-state index < -0.39 is 11.6 Å². The smallest absolute Gasteiger partial charge is 0.347 e. The minimum Gasteiger partial charge on any atom is -0.480 e. The highest BCUT2D eigenvalue weighted by atomic mass is 16.5. The Balaban J connectivity index is 1.59. The van der Waals surface area contributed by atoms with Crippen molar-refractivity contribution in [2.45, 2.75) is 45.6 Å². The summed E-state index contributed by atoms with van der Waals surface area (Å²) in [6.07, 6.45) is 0.758. The molecular weight excluding hydrogens is 406 g/mol. The molecule has 0 radical (unpaired) electrons. The van der Waals surface area contributed by atoms with Crippen LogP contribution in [0, 0.1) is 19.8 Å². The number of aromatic nitrogens is 1. The molecule has 0 bridgehead atoms. The molecule has 1 N–H and O–H groups in total. The maximum atomic E-state index is 13.3. The molecule has 3 aromatic rings. The lowest BCUT2D eigenvalue weighted by Crippen LogP contribution is -2.38. The molecule has 1 aliphatic rings. The van der Waals surface area contributed by atoms with Crippen molar-refractivity contribution >= 4 is 22.7 Å². The number of fused-ring (bicyclic) bond motifs is 1. The number of rotatable bonds is 7. The number of ether oxygens (including phenoxy) is 2. The van der Waals surface area contributed by atoms with Gasteiger partial charge in [0.25, 0.3) is 0 Å². The summed E-state index contributed by atoms with van der Waals surface area (Å²) in [6.45, 7) is 6.86. The van der Waals surface area contributed by atoms with Crippen LogP contribution in [0.5, 0.6) is 11.6 Å². The van der Waals surface area contributed by atoms with E-state index in [1.54, 1.807) is 0 Å². The summed E-state index contributed by atoms with van der Waals surface area (Å²) in [6, 6.07) is 13.5. The first kappa shape index (κ1) is 21.8. The van der Waals surface area contributed by atoms with E-state index in [1.165, 1.54) is 21.0 Å². The van der Waals surface area contributed by atoms with Crippen molar-refractivity contribution < 1.29 is 24.2 Å². The van der Waals surface area contributed by atoms with Crippen molar-refractivity contribution in [3.05, 3.63) is 64.7 Å². The van der Waals surface area contributed by atoms with Crippen LogP contribution in [-0.4, -0.2) is 34.6 Å². The maximum Gasteiger partial charge on any atom is 0.347 e. The highest BCUT2D eigenvalue weighted by molar-refractivity contribution is 6.04. The third kappa shape index (κ3) is 3.93. The molecule has 6 heteroatoms. The van der Waals surface area contributed by atoms with E-state index in [-0.39, 0.29) is 17.6 Å². The summed E-state index contributed by atoms with van der Waals surface area (Å²) >= 11 is 0. The van der Waals surface area contributed by atoms with Gasteiger partial charge in [-0.2, -0.15) is 0 Å². The van der Waals surface area contributed by atoms with Gasteiger partial charge >= 0.3 is 5.97 Å². The molecule has 2 aromatic carbocycles. The van der Waals surface area contributed by atoms with Gasteiger partial charge in [-0.3, -0.25) is 4.79 Å². The summed E-state index contributed by atoms with van der Waals surface area (Å²) in [5.74, 6) is -0.0825. The first-order valence-corrected chi connectivity index (χ1v) is 10.6. The Kier molecular flexibility index (Phi) is 5.41. The number of methoxy groups -OCH3 is 1. The number of carboxylic acids is 1. The summed E-state index contributed by atoms with van der Waals surface area (Å²) in [4.78, 5) is 29.2. The van der Waals surface area contributed by atoms with Gasteiger partial charge in [-0.15, -0.1) is 0 Å². The predicted octanol–water partition coefficient (Wildman–Crippen LogP) is 5.09. The number of nitrogens with zero attached hydrogens (tertiary/aromatic N) is 1. The molecule has 0 spiro atoms. The van der Waals surface area contributed by atoms with Gasteiger partial charge in [0.05, 0.1) is 18.2 Å². The third-order valence-electron chi connectivity index (χ3n) is 6.06. The molecule has 0 amide bonds. The van der Waals surface area contributed by atoms with E-state index in [0.717, 1.165) is 34.0 Å². The van der Waals surface area contributed by atoms with Crippen molar-refractivity contribution in [1.29, 1.82) is 0 Å². The lowest BCUT2D eigenvalue weighted by molar-refractivity contribution is -0.152. The first-order chi connectivity index (χ1) is 15.1. The van der Waals surface area contributed by atoms with Crippen LogP contribution in [0.3, 0.4) is 0 Å². The van der Waals surface area contributed by atoms with Gasteiger partial charge in [0, 0.05) is 11.3 Å². The normalized spacial score (nSPS) is 17.8. The van der Waals surface area contributed by atoms with Crippen molar-refractivity contribution in [1.82, 2.24) is 4.98 Å². The molecular formula is C26H27NO5. The summed E-state index contributed by atoms with van der Waals surface area (Å²) in [5.41, 5.74) is 2.75. The molecule has 1 aliphatic carbocycles. The fraction of sp³-hybridized carbons (Fsp3) is 0.346. The topological polar surface area (TPSA) is 85.7 Å². The van der Waals surface area contributed by atoms with Gasteiger partial charge in [-0.1, -0.05) is 30.3 Å². The number of benzene rings is 2. The molecule has 1 aromatic heterocycles. The molecule has 0 saturated heterocycles. The Morgan fingerprint density at radius 3 is 2.38 bits per heavy atom. The van der Waals surface area contributed by atoms with Crippen LogP contribution in [0.25, 0.3) is 10.9 Å². The molecule has 32 heavy (non-hydrogen) atoms. The number of pyridine rings is 1. The third-order valence-corrected chi connectivity index (χ3v) is 6.06. The van der Waals surface area contributed by atoms with E-state index in [2.05, 4.69) is 4.98 Å². The minimum atomic E-state index is -1.32. The Labute approximate surface area is 187 Å². The number of ketones is 1. The fourth-order valence-corrected chi connectivity index (χ4v) is 4.14. The number of carbonyl (C=O) groups excluding carboxylic acids is 1. The summed E-state index contributed by atoms with van der Waals surface area (Å²) in [7, 11) is 1.53. The second kappa shape index (κ2) is 7.93. The second-order valence-corrected chi connectivity index (χ2v) is 8.95. The monoisotopic (exact) mass is 433 g/mol. The quantitative estimate of drug-likeness (QED) is 0.523. The largest absolute Gasteiger partial charge is 0.480 e. The Morgan fingerprint density at radius 2 is 1.75 bits per heavy atom. The lowest BCUT2D eigenvalue weighted by atomic mass is 9.98. The maximum absolute atomic E-state index is 13.3. The summed E-state index contributed by atoms with van der Waals surface area (Å²) < 4.78 is 11.2. The Hall–Kier alpha value is -3.41. The Morgan fingerprint density at radius 1 is 1.09 bits per heavy atom. The zero-order chi connectivity index (χ0) is 23.2. The first-order valence-electron chi connectivity index (χ1n) is 10.6. The molecule has 1 heterocycles. The van der Waals surface area contributed by atoms with E-state index in [9.17, 15) is 14.7 Å².